The monoisotopic (exact) mass is 964 g/mol. The Kier molecular flexibility index (Phi) is 14.2. The highest BCUT2D eigenvalue weighted by Gasteiger charge is 2.55. The molecule has 16 nitrogen and oxygen atoms in total. The van der Waals surface area contributed by atoms with Crippen molar-refractivity contribution >= 4 is 38.8 Å². The van der Waals surface area contributed by atoms with Gasteiger partial charge in [-0.05, 0) is 135 Å². The van der Waals surface area contributed by atoms with E-state index in [1.807, 2.05) is 25.3 Å². The molecule has 3 N–H and O–H groups in total. The summed E-state index contributed by atoms with van der Waals surface area (Å²) in [5, 5.41) is 25.4. The number of aromatic nitrogens is 1. The van der Waals surface area contributed by atoms with E-state index in [1.165, 1.54) is 23.3 Å². The summed E-state index contributed by atoms with van der Waals surface area (Å²) in [5.74, 6) is 1.64. The maximum absolute atomic E-state index is 13.4. The number of pyridine rings is 1. The molecule has 17 heteroatoms. The maximum Gasteiger partial charge on any atom is 0.293 e. The molecule has 1 amide bonds. The van der Waals surface area contributed by atoms with Crippen LogP contribution < -0.4 is 24.6 Å². The summed E-state index contributed by atoms with van der Waals surface area (Å²) in [7, 11) is -2.69. The number of nitro groups is 1. The number of hydrogen-bond donors (Lipinski definition) is 3. The van der Waals surface area contributed by atoms with Crippen LogP contribution in [0.4, 0.5) is 22.9 Å². The molecule has 0 radical (unpaired) electrons. The molecule has 4 heterocycles. The fraction of sp³-hybridized carbons (Fsp3) is 0.538. The second-order valence-electron chi connectivity index (χ2n) is 20.5. The van der Waals surface area contributed by atoms with Crippen molar-refractivity contribution in [3.63, 3.8) is 0 Å². The molecule has 69 heavy (non-hydrogen) atoms. The van der Waals surface area contributed by atoms with Crippen LogP contribution >= 0.6 is 0 Å². The number of sulfonamides is 1. The highest BCUT2D eigenvalue weighted by Crippen LogP contribution is 2.57. The van der Waals surface area contributed by atoms with Crippen molar-refractivity contribution in [2.24, 2.45) is 17.3 Å². The van der Waals surface area contributed by atoms with Gasteiger partial charge < -0.3 is 29.7 Å². The van der Waals surface area contributed by atoms with E-state index in [1.54, 1.807) is 19.2 Å². The molecule has 3 saturated heterocycles. The zero-order valence-corrected chi connectivity index (χ0v) is 41.3. The number of ether oxygens (including phenoxy) is 2. The molecule has 9 rings (SSSR count). The number of carbonyl (C=O) groups excluding carboxylic acids is 1. The molecule has 0 unspecified atom stereocenters. The number of carbonyl (C=O) groups is 1. The Balaban J connectivity index is 0.792. The van der Waals surface area contributed by atoms with Crippen molar-refractivity contribution in [1.82, 2.24) is 19.5 Å². The van der Waals surface area contributed by atoms with Gasteiger partial charge in [-0.25, -0.2) is 18.1 Å². The SMILES string of the molecule is COc1cc(CN2CCN([C@@H]3CC4(CCN(c5ccc(C(=O)NS(=O)(=O)c6ccc(NCC7CCC(C)(O)CC7)c([N+](=O)[O-])c6)cc5)CC4)[C@@H]3C)[C@H](c3ccccc3C)C2)cnc1N1CCOCC1. The third-order valence-electron chi connectivity index (χ3n) is 16.2. The number of piperidine rings is 1. The number of aryl methyl sites for hydroxylation is 1. The predicted octanol–water partition coefficient (Wildman–Crippen LogP) is 7.17. The van der Waals surface area contributed by atoms with E-state index in [9.17, 15) is 28.4 Å². The van der Waals surface area contributed by atoms with Gasteiger partial charge in [0.25, 0.3) is 21.6 Å². The van der Waals surface area contributed by atoms with Gasteiger partial charge in [0.1, 0.15) is 5.69 Å². The van der Waals surface area contributed by atoms with E-state index in [4.69, 9.17) is 14.5 Å². The molecule has 3 aromatic carbocycles. The van der Waals surface area contributed by atoms with Crippen LogP contribution in [0.5, 0.6) is 5.75 Å². The van der Waals surface area contributed by atoms with E-state index in [2.05, 4.69) is 73.8 Å². The quantitative estimate of drug-likeness (QED) is 0.0854. The lowest BCUT2D eigenvalue weighted by Crippen LogP contribution is -2.64. The summed E-state index contributed by atoms with van der Waals surface area (Å²) in [4.78, 5) is 39.1. The first-order valence-electron chi connectivity index (χ1n) is 24.7. The van der Waals surface area contributed by atoms with Gasteiger partial charge in [-0.1, -0.05) is 31.2 Å². The first kappa shape index (κ1) is 48.7. The highest BCUT2D eigenvalue weighted by molar-refractivity contribution is 7.90. The van der Waals surface area contributed by atoms with Crippen molar-refractivity contribution in [3.05, 3.63) is 111 Å². The Morgan fingerprint density at radius 2 is 1.68 bits per heavy atom. The van der Waals surface area contributed by atoms with Crippen molar-refractivity contribution < 1.29 is 32.7 Å². The van der Waals surface area contributed by atoms with Crippen LogP contribution in [-0.4, -0.2) is 123 Å². The second kappa shape index (κ2) is 20.2. The van der Waals surface area contributed by atoms with Crippen molar-refractivity contribution in [2.75, 3.05) is 87.8 Å². The van der Waals surface area contributed by atoms with Gasteiger partial charge in [-0.3, -0.25) is 24.7 Å². The minimum absolute atomic E-state index is 0.173. The fourth-order valence-electron chi connectivity index (χ4n) is 11.7. The topological polar surface area (TPSA) is 183 Å². The van der Waals surface area contributed by atoms with E-state index in [-0.39, 0.29) is 33.5 Å². The van der Waals surface area contributed by atoms with Crippen molar-refractivity contribution in [1.29, 1.82) is 0 Å². The molecule has 4 aromatic rings. The average molecular weight is 965 g/mol. The number of hydrogen-bond acceptors (Lipinski definition) is 14. The van der Waals surface area contributed by atoms with Crippen LogP contribution in [0, 0.1) is 34.3 Å². The lowest BCUT2D eigenvalue weighted by molar-refractivity contribution is -0.384. The number of benzene rings is 3. The van der Waals surface area contributed by atoms with Crippen LogP contribution in [0.1, 0.15) is 91.9 Å². The van der Waals surface area contributed by atoms with E-state index in [0.717, 1.165) is 113 Å². The van der Waals surface area contributed by atoms with E-state index in [0.29, 0.717) is 44.6 Å². The third kappa shape index (κ3) is 10.6. The molecule has 5 fully saturated rings. The number of anilines is 3. The molecule has 0 bridgehead atoms. The molecule has 1 aromatic heterocycles. The van der Waals surface area contributed by atoms with Gasteiger partial charge in [0.15, 0.2) is 11.6 Å². The van der Waals surface area contributed by atoms with Crippen LogP contribution in [-0.2, 0) is 21.3 Å². The molecule has 2 aliphatic carbocycles. The molecule has 370 valence electrons. The summed E-state index contributed by atoms with van der Waals surface area (Å²) in [6.45, 7) is 15.4. The maximum atomic E-state index is 13.4. The number of aliphatic hydroxyl groups is 1. The highest BCUT2D eigenvalue weighted by atomic mass is 32.2. The molecule has 3 aliphatic heterocycles. The van der Waals surface area contributed by atoms with E-state index < -0.39 is 32.1 Å². The average Bonchev–Trinajstić information content (AvgIpc) is 3.35. The zero-order valence-electron chi connectivity index (χ0n) is 40.4. The summed E-state index contributed by atoms with van der Waals surface area (Å²) < 4.78 is 40.2. The number of nitro benzene ring substituents is 1. The molecule has 2 saturated carbocycles. The Labute approximate surface area is 406 Å². The van der Waals surface area contributed by atoms with Gasteiger partial charge in [0, 0.05) is 94.5 Å². The van der Waals surface area contributed by atoms with Gasteiger partial charge in [0.2, 0.25) is 0 Å². The Morgan fingerprint density at radius 1 is 0.957 bits per heavy atom. The predicted molar refractivity (Wildman–Crippen MR) is 266 cm³/mol. The lowest BCUT2D eigenvalue weighted by Gasteiger charge is -2.62. The first-order chi connectivity index (χ1) is 33.1. The molecule has 3 atom stereocenters. The summed E-state index contributed by atoms with van der Waals surface area (Å²) in [6, 6.07) is 22.4. The number of nitrogens with zero attached hydrogens (tertiary/aromatic N) is 6. The minimum atomic E-state index is -4.42. The number of amides is 1. The second-order valence-corrected chi connectivity index (χ2v) is 22.1. The van der Waals surface area contributed by atoms with Crippen molar-refractivity contribution in [3.8, 4) is 5.75 Å². The fourth-order valence-corrected chi connectivity index (χ4v) is 12.7. The van der Waals surface area contributed by atoms with E-state index >= 15 is 0 Å². The molecular weight excluding hydrogens is 897 g/mol. The first-order valence-corrected chi connectivity index (χ1v) is 26.2. The smallest absolute Gasteiger partial charge is 0.293 e. The number of morpholine rings is 1. The van der Waals surface area contributed by atoms with Gasteiger partial charge >= 0.3 is 0 Å². The van der Waals surface area contributed by atoms with Crippen LogP contribution in [0.15, 0.2) is 83.9 Å². The number of methoxy groups -OCH3 is 1. The van der Waals surface area contributed by atoms with Crippen LogP contribution in [0.2, 0.25) is 0 Å². The number of rotatable bonds is 14. The molecular formula is C52H68N8O8S. The molecule has 1 spiro atoms. The minimum Gasteiger partial charge on any atom is -0.493 e. The Hall–Kier alpha value is -5.33. The molecule has 5 aliphatic rings. The third-order valence-corrected chi connectivity index (χ3v) is 17.5. The standard InChI is InChI=1S/C52H68N8O8S/c1-36-7-5-6-8-43(36)47-35-56(34-39-29-48(67-4)49(54-33-39)58-25-27-68-28-26-58)23-24-59(47)46-31-52(37(46)2)19-21-57(22-20-52)41-11-9-40(10-12-41)50(61)55-69(65,66)42-13-14-44(45(30-42)60(63)64)53-32-38-15-17-51(3,62)18-16-38/h5-14,29-30,33,37-38,46-47,53,62H,15-28,31-32,34-35H2,1-4H3,(H,55,61)/t37-,38?,46-,47+,51?/m1/s1. The summed E-state index contributed by atoms with van der Waals surface area (Å²) in [5.41, 5.74) is 4.39. The zero-order chi connectivity index (χ0) is 48.5. The largest absolute Gasteiger partial charge is 0.493 e. The van der Waals surface area contributed by atoms with Gasteiger partial charge in [0.05, 0.1) is 35.7 Å². The van der Waals surface area contributed by atoms with Gasteiger partial charge in [-0.15, -0.1) is 0 Å². The number of piperazine rings is 1. The summed E-state index contributed by atoms with van der Waals surface area (Å²) >= 11 is 0. The van der Waals surface area contributed by atoms with Gasteiger partial charge in [-0.2, -0.15) is 0 Å². The lowest BCUT2D eigenvalue weighted by atomic mass is 9.53. The Bertz CT molecular complexity index is 2590. The normalized spacial score (nSPS) is 25.5. The summed E-state index contributed by atoms with van der Waals surface area (Å²) in [6.07, 6.45) is 8.18. The van der Waals surface area contributed by atoms with Crippen LogP contribution in [0.25, 0.3) is 0 Å². The number of nitrogens with one attached hydrogen (secondary N) is 2. The van der Waals surface area contributed by atoms with Crippen molar-refractivity contribution in [2.45, 2.75) is 94.8 Å². The van der Waals surface area contributed by atoms with Crippen LogP contribution in [0.3, 0.4) is 0 Å². The Morgan fingerprint density at radius 3 is 2.36 bits per heavy atom.